The van der Waals surface area contributed by atoms with Crippen LogP contribution in [0.15, 0.2) is 12.1 Å². The van der Waals surface area contributed by atoms with Gasteiger partial charge in [-0.25, -0.2) is 0 Å². The van der Waals surface area contributed by atoms with E-state index in [1.54, 1.807) is 6.07 Å². The van der Waals surface area contributed by atoms with Crippen LogP contribution in [0.4, 0.5) is 0 Å². The molecule has 1 aromatic carbocycles. The second-order valence-corrected chi connectivity index (χ2v) is 5.53. The second-order valence-electron chi connectivity index (χ2n) is 5.13. The lowest BCUT2D eigenvalue weighted by atomic mass is 10.1. The lowest BCUT2D eigenvalue weighted by molar-refractivity contribution is 0.0663. The van der Waals surface area contributed by atoms with E-state index in [1.807, 2.05) is 24.8 Å². The van der Waals surface area contributed by atoms with Crippen molar-refractivity contribution in [2.24, 2.45) is 0 Å². The molecule has 0 N–H and O–H groups in total. The van der Waals surface area contributed by atoms with Gasteiger partial charge in [0.05, 0.1) is 11.6 Å². The highest BCUT2D eigenvalue weighted by Gasteiger charge is 2.22. The third-order valence-electron chi connectivity index (χ3n) is 3.60. The van der Waals surface area contributed by atoms with Crippen molar-refractivity contribution in [3.8, 4) is 5.75 Å². The highest BCUT2D eigenvalue weighted by molar-refractivity contribution is 6.32. The molecular weight excluding hydrogens is 276 g/mol. The molecule has 0 atom stereocenters. The molecule has 5 heteroatoms. The van der Waals surface area contributed by atoms with Crippen molar-refractivity contribution >= 4 is 17.5 Å². The highest BCUT2D eigenvalue weighted by atomic mass is 35.5. The third-order valence-corrected chi connectivity index (χ3v) is 3.89. The zero-order valence-electron chi connectivity index (χ0n) is 12.3. The molecule has 0 aliphatic carbocycles. The summed E-state index contributed by atoms with van der Waals surface area (Å²) in [5.74, 6) is 0.696. The van der Waals surface area contributed by atoms with Crippen molar-refractivity contribution in [1.29, 1.82) is 0 Å². The summed E-state index contributed by atoms with van der Waals surface area (Å²) in [6, 6.07) is 3.57. The molecule has 0 aromatic heterocycles. The third kappa shape index (κ3) is 3.25. The van der Waals surface area contributed by atoms with Gasteiger partial charge in [-0.2, -0.15) is 0 Å². The zero-order chi connectivity index (χ0) is 14.7. The number of nitrogens with zero attached hydrogens (tertiary/aromatic N) is 2. The van der Waals surface area contributed by atoms with Gasteiger partial charge < -0.3 is 14.5 Å². The van der Waals surface area contributed by atoms with Crippen molar-refractivity contribution in [2.45, 2.75) is 13.8 Å². The molecule has 1 aliphatic rings. The van der Waals surface area contributed by atoms with Crippen molar-refractivity contribution in [2.75, 3.05) is 39.8 Å². The predicted molar refractivity (Wildman–Crippen MR) is 80.8 cm³/mol. The number of hydrogen-bond acceptors (Lipinski definition) is 3. The maximum Gasteiger partial charge on any atom is 0.254 e. The quantitative estimate of drug-likeness (QED) is 0.859. The summed E-state index contributed by atoms with van der Waals surface area (Å²) in [5, 5.41) is 0.495. The van der Waals surface area contributed by atoms with Crippen LogP contribution in [0.5, 0.6) is 5.75 Å². The van der Waals surface area contributed by atoms with Gasteiger partial charge in [0.25, 0.3) is 5.91 Å². The number of hydrogen-bond donors (Lipinski definition) is 0. The second kappa shape index (κ2) is 6.46. The Morgan fingerprint density at radius 1 is 1.30 bits per heavy atom. The normalized spacial score (nSPS) is 16.3. The summed E-state index contributed by atoms with van der Waals surface area (Å²) in [7, 11) is 2.07. The number of rotatable bonds is 3. The van der Waals surface area contributed by atoms with Gasteiger partial charge in [-0.05, 0) is 38.6 Å². The van der Waals surface area contributed by atoms with Gasteiger partial charge in [-0.15, -0.1) is 0 Å². The molecule has 0 saturated carbocycles. The van der Waals surface area contributed by atoms with Gasteiger partial charge in [0.1, 0.15) is 5.75 Å². The first-order valence-electron chi connectivity index (χ1n) is 6.93. The van der Waals surface area contributed by atoms with E-state index in [0.717, 1.165) is 31.7 Å². The molecule has 1 saturated heterocycles. The summed E-state index contributed by atoms with van der Waals surface area (Å²) in [4.78, 5) is 16.7. The molecule has 20 heavy (non-hydrogen) atoms. The first-order chi connectivity index (χ1) is 9.52. The predicted octanol–water partition coefficient (Wildman–Crippen LogP) is 2.43. The largest absolute Gasteiger partial charge is 0.492 e. The van der Waals surface area contributed by atoms with E-state index in [-0.39, 0.29) is 5.91 Å². The van der Waals surface area contributed by atoms with Crippen molar-refractivity contribution in [3.05, 3.63) is 28.3 Å². The number of aryl methyl sites for hydroxylation is 1. The van der Waals surface area contributed by atoms with E-state index < -0.39 is 0 Å². The number of likely N-dealkylation sites (N-methyl/N-ethyl adjacent to an activating group) is 1. The van der Waals surface area contributed by atoms with Crippen LogP contribution in [0.1, 0.15) is 22.8 Å². The average Bonchev–Trinajstić information content (AvgIpc) is 2.43. The number of carbonyl (C=O) groups is 1. The smallest absolute Gasteiger partial charge is 0.254 e. The van der Waals surface area contributed by atoms with Gasteiger partial charge in [0.15, 0.2) is 0 Å². The lowest BCUT2D eigenvalue weighted by Crippen LogP contribution is -2.47. The van der Waals surface area contributed by atoms with E-state index >= 15 is 0 Å². The van der Waals surface area contributed by atoms with Gasteiger partial charge in [-0.3, -0.25) is 4.79 Å². The summed E-state index contributed by atoms with van der Waals surface area (Å²) in [6.07, 6.45) is 0. The average molecular weight is 297 g/mol. The van der Waals surface area contributed by atoms with E-state index in [1.165, 1.54) is 0 Å². The maximum atomic E-state index is 12.6. The van der Waals surface area contributed by atoms with E-state index in [9.17, 15) is 4.79 Å². The fourth-order valence-corrected chi connectivity index (χ4v) is 2.55. The Balaban J connectivity index is 2.19. The number of piperazine rings is 1. The van der Waals surface area contributed by atoms with Gasteiger partial charge in [0.2, 0.25) is 0 Å². The topological polar surface area (TPSA) is 32.8 Å². The SMILES string of the molecule is CCOc1cc(C)c(C(=O)N2CCN(C)CC2)cc1Cl. The molecule has 0 radical (unpaired) electrons. The van der Waals surface area contributed by atoms with Crippen LogP contribution in [-0.2, 0) is 0 Å². The van der Waals surface area contributed by atoms with Gasteiger partial charge in [0, 0.05) is 31.7 Å². The first kappa shape index (κ1) is 15.1. The van der Waals surface area contributed by atoms with Crippen LogP contribution in [0.2, 0.25) is 5.02 Å². The van der Waals surface area contributed by atoms with Gasteiger partial charge in [-0.1, -0.05) is 11.6 Å². The van der Waals surface area contributed by atoms with Crippen LogP contribution in [0.3, 0.4) is 0 Å². The molecule has 2 rings (SSSR count). The van der Waals surface area contributed by atoms with Crippen LogP contribution >= 0.6 is 11.6 Å². The Hall–Kier alpha value is -1.26. The lowest BCUT2D eigenvalue weighted by Gasteiger charge is -2.32. The molecule has 1 aliphatic heterocycles. The molecular formula is C15H21ClN2O2. The van der Waals surface area contributed by atoms with Crippen LogP contribution in [-0.4, -0.2) is 55.5 Å². The van der Waals surface area contributed by atoms with Crippen LogP contribution < -0.4 is 4.74 Å². The minimum absolute atomic E-state index is 0.0561. The summed E-state index contributed by atoms with van der Waals surface area (Å²) in [5.41, 5.74) is 1.57. The first-order valence-corrected chi connectivity index (χ1v) is 7.31. The number of halogens is 1. The molecule has 0 unspecified atom stereocenters. The molecule has 0 bridgehead atoms. The Bertz CT molecular complexity index is 497. The molecule has 110 valence electrons. The maximum absolute atomic E-state index is 12.6. The van der Waals surface area contributed by atoms with Crippen molar-refractivity contribution in [1.82, 2.24) is 9.80 Å². The molecule has 0 spiro atoms. The number of carbonyl (C=O) groups excluding carboxylic acids is 1. The number of ether oxygens (including phenoxy) is 1. The summed E-state index contributed by atoms with van der Waals surface area (Å²) < 4.78 is 5.45. The minimum atomic E-state index is 0.0561. The minimum Gasteiger partial charge on any atom is -0.492 e. The monoisotopic (exact) mass is 296 g/mol. The molecule has 1 amide bonds. The summed E-state index contributed by atoms with van der Waals surface area (Å²) in [6.45, 7) is 7.74. The molecule has 1 fully saturated rings. The van der Waals surface area contributed by atoms with Gasteiger partial charge >= 0.3 is 0 Å². The Kier molecular flexibility index (Phi) is 4.89. The van der Waals surface area contributed by atoms with E-state index in [4.69, 9.17) is 16.3 Å². The molecule has 1 aromatic rings. The van der Waals surface area contributed by atoms with E-state index in [0.29, 0.717) is 22.9 Å². The highest BCUT2D eigenvalue weighted by Crippen LogP contribution is 2.29. The van der Waals surface area contributed by atoms with Crippen LogP contribution in [0, 0.1) is 6.92 Å². The van der Waals surface area contributed by atoms with Crippen molar-refractivity contribution in [3.63, 3.8) is 0 Å². The zero-order valence-corrected chi connectivity index (χ0v) is 13.0. The van der Waals surface area contributed by atoms with Crippen molar-refractivity contribution < 1.29 is 9.53 Å². The number of benzene rings is 1. The Morgan fingerprint density at radius 3 is 2.55 bits per heavy atom. The molecule has 1 heterocycles. The standard InChI is InChI=1S/C15H21ClN2O2/c1-4-20-14-9-11(2)12(10-13(14)16)15(19)18-7-5-17(3)6-8-18/h9-10H,4-8H2,1-3H3. The summed E-state index contributed by atoms with van der Waals surface area (Å²) >= 11 is 6.18. The Morgan fingerprint density at radius 2 is 1.95 bits per heavy atom. The molecule has 4 nitrogen and oxygen atoms in total. The fraction of sp³-hybridized carbons (Fsp3) is 0.533. The Labute approximate surface area is 125 Å². The number of amides is 1. The van der Waals surface area contributed by atoms with E-state index in [2.05, 4.69) is 11.9 Å². The van der Waals surface area contributed by atoms with Crippen LogP contribution in [0.25, 0.3) is 0 Å². The fourth-order valence-electron chi connectivity index (χ4n) is 2.33.